The largest absolute Gasteiger partial charge is 0.319 e. The average molecular weight is 262 g/mol. The Morgan fingerprint density at radius 2 is 2.22 bits per heavy atom. The lowest BCUT2D eigenvalue weighted by Gasteiger charge is -2.19. The number of thiazole rings is 1. The number of hydrogen-bond donors (Lipinski definition) is 1. The minimum atomic E-state index is -0.177. The van der Waals surface area contributed by atoms with E-state index in [2.05, 4.69) is 17.4 Å². The summed E-state index contributed by atoms with van der Waals surface area (Å²) in [4.78, 5) is 4.72. The summed E-state index contributed by atoms with van der Waals surface area (Å²) in [6, 6.07) is 0. The SMILES string of the molecule is CCn1cc(-c2csc(C3(N)CCCC3)n2)cn1. The van der Waals surface area contributed by atoms with Crippen molar-refractivity contribution < 1.29 is 0 Å². The molecule has 5 heteroatoms. The van der Waals surface area contributed by atoms with Crippen LogP contribution in [0.2, 0.25) is 0 Å². The second kappa shape index (κ2) is 4.48. The summed E-state index contributed by atoms with van der Waals surface area (Å²) < 4.78 is 1.92. The highest BCUT2D eigenvalue weighted by Gasteiger charge is 2.34. The quantitative estimate of drug-likeness (QED) is 0.925. The maximum atomic E-state index is 6.43. The molecule has 1 aliphatic rings. The van der Waals surface area contributed by atoms with Crippen molar-refractivity contribution in [2.75, 3.05) is 0 Å². The molecule has 3 rings (SSSR count). The number of nitrogens with two attached hydrogens (primary N) is 1. The van der Waals surface area contributed by atoms with E-state index in [0.29, 0.717) is 0 Å². The standard InChI is InChI=1S/C13H18N4S/c1-2-17-8-10(7-15-17)11-9-18-12(16-11)13(14)5-3-4-6-13/h7-9H,2-6,14H2,1H3. The lowest BCUT2D eigenvalue weighted by Crippen LogP contribution is -2.32. The van der Waals surface area contributed by atoms with Gasteiger partial charge in [-0.3, -0.25) is 4.68 Å². The van der Waals surface area contributed by atoms with Crippen LogP contribution in [-0.2, 0) is 12.1 Å². The molecule has 0 radical (unpaired) electrons. The molecule has 0 aliphatic heterocycles. The predicted molar refractivity (Wildman–Crippen MR) is 73.3 cm³/mol. The van der Waals surface area contributed by atoms with E-state index in [1.54, 1.807) is 11.3 Å². The number of hydrogen-bond acceptors (Lipinski definition) is 4. The highest BCUT2D eigenvalue weighted by atomic mass is 32.1. The molecule has 0 atom stereocenters. The lowest BCUT2D eigenvalue weighted by molar-refractivity contribution is 0.459. The van der Waals surface area contributed by atoms with E-state index in [4.69, 9.17) is 10.7 Å². The molecule has 1 saturated carbocycles. The Morgan fingerprint density at radius 3 is 2.89 bits per heavy atom. The predicted octanol–water partition coefficient (Wildman–Crippen LogP) is 2.75. The van der Waals surface area contributed by atoms with Gasteiger partial charge in [0.2, 0.25) is 0 Å². The zero-order valence-electron chi connectivity index (χ0n) is 10.6. The van der Waals surface area contributed by atoms with Gasteiger partial charge in [-0.05, 0) is 19.8 Å². The lowest BCUT2D eigenvalue weighted by atomic mass is 10.0. The summed E-state index contributed by atoms with van der Waals surface area (Å²) in [5, 5.41) is 7.46. The van der Waals surface area contributed by atoms with Gasteiger partial charge in [0.15, 0.2) is 0 Å². The normalized spacial score (nSPS) is 18.3. The third kappa shape index (κ3) is 1.97. The molecule has 0 saturated heterocycles. The first-order valence-corrected chi connectivity index (χ1v) is 7.37. The van der Waals surface area contributed by atoms with Gasteiger partial charge in [-0.15, -0.1) is 11.3 Å². The molecule has 0 spiro atoms. The van der Waals surface area contributed by atoms with Gasteiger partial charge in [0.05, 0.1) is 17.4 Å². The van der Waals surface area contributed by atoms with Crippen molar-refractivity contribution in [1.82, 2.24) is 14.8 Å². The topological polar surface area (TPSA) is 56.7 Å². The molecule has 2 aromatic heterocycles. The van der Waals surface area contributed by atoms with Crippen LogP contribution in [0.4, 0.5) is 0 Å². The van der Waals surface area contributed by atoms with Crippen molar-refractivity contribution in [2.24, 2.45) is 5.73 Å². The molecule has 18 heavy (non-hydrogen) atoms. The number of nitrogens with zero attached hydrogens (tertiary/aromatic N) is 3. The van der Waals surface area contributed by atoms with Crippen LogP contribution in [0.25, 0.3) is 11.3 Å². The second-order valence-electron chi connectivity index (χ2n) is 4.99. The van der Waals surface area contributed by atoms with Gasteiger partial charge >= 0.3 is 0 Å². The molecule has 2 N–H and O–H groups in total. The fourth-order valence-corrected chi connectivity index (χ4v) is 3.53. The maximum absolute atomic E-state index is 6.43. The number of rotatable bonds is 3. The van der Waals surface area contributed by atoms with Crippen LogP contribution >= 0.6 is 11.3 Å². The van der Waals surface area contributed by atoms with E-state index < -0.39 is 0 Å². The summed E-state index contributed by atoms with van der Waals surface area (Å²) >= 11 is 1.68. The van der Waals surface area contributed by atoms with E-state index in [-0.39, 0.29) is 5.54 Å². The zero-order valence-corrected chi connectivity index (χ0v) is 11.4. The average Bonchev–Trinajstić information content (AvgIpc) is 3.08. The summed E-state index contributed by atoms with van der Waals surface area (Å²) in [6.07, 6.45) is 8.48. The van der Waals surface area contributed by atoms with Crippen LogP contribution in [0, 0.1) is 0 Å². The molecule has 0 aromatic carbocycles. The van der Waals surface area contributed by atoms with Gasteiger partial charge in [0.25, 0.3) is 0 Å². The molecule has 0 bridgehead atoms. The Hall–Kier alpha value is -1.20. The van der Waals surface area contributed by atoms with Crippen molar-refractivity contribution in [3.05, 3.63) is 22.8 Å². The van der Waals surface area contributed by atoms with Crippen molar-refractivity contribution in [3.63, 3.8) is 0 Å². The smallest absolute Gasteiger partial charge is 0.113 e. The first-order valence-electron chi connectivity index (χ1n) is 6.49. The summed E-state index contributed by atoms with van der Waals surface area (Å²) in [5.74, 6) is 0. The van der Waals surface area contributed by atoms with E-state index in [1.165, 1.54) is 12.8 Å². The van der Waals surface area contributed by atoms with Gasteiger partial charge in [-0.2, -0.15) is 5.10 Å². The summed E-state index contributed by atoms with van der Waals surface area (Å²) in [7, 11) is 0. The van der Waals surface area contributed by atoms with Gasteiger partial charge in [0.1, 0.15) is 5.01 Å². The molecule has 4 nitrogen and oxygen atoms in total. The molecule has 1 fully saturated rings. The van der Waals surface area contributed by atoms with Crippen molar-refractivity contribution >= 4 is 11.3 Å². The second-order valence-corrected chi connectivity index (χ2v) is 5.84. The minimum Gasteiger partial charge on any atom is -0.319 e. The molecule has 1 aliphatic carbocycles. The molecule has 0 amide bonds. The van der Waals surface area contributed by atoms with Gasteiger partial charge in [0, 0.05) is 23.7 Å². The van der Waals surface area contributed by atoms with E-state index in [1.807, 2.05) is 17.1 Å². The highest BCUT2D eigenvalue weighted by molar-refractivity contribution is 7.10. The van der Waals surface area contributed by atoms with E-state index in [0.717, 1.165) is 35.7 Å². The Balaban J connectivity index is 1.89. The van der Waals surface area contributed by atoms with Gasteiger partial charge in [-0.1, -0.05) is 12.8 Å². The van der Waals surface area contributed by atoms with Crippen molar-refractivity contribution in [1.29, 1.82) is 0 Å². The van der Waals surface area contributed by atoms with Gasteiger partial charge < -0.3 is 5.73 Å². The monoisotopic (exact) mass is 262 g/mol. The van der Waals surface area contributed by atoms with Crippen LogP contribution in [0.15, 0.2) is 17.8 Å². The number of aromatic nitrogens is 3. The third-order valence-corrected chi connectivity index (χ3v) is 4.74. The van der Waals surface area contributed by atoms with Crippen LogP contribution in [0.5, 0.6) is 0 Å². The fourth-order valence-electron chi connectivity index (χ4n) is 2.52. The molecule has 2 aromatic rings. The third-order valence-electron chi connectivity index (χ3n) is 3.68. The molecule has 96 valence electrons. The number of aryl methyl sites for hydroxylation is 1. The van der Waals surface area contributed by atoms with Crippen molar-refractivity contribution in [2.45, 2.75) is 44.7 Å². The summed E-state index contributed by atoms with van der Waals surface area (Å²) in [6.45, 7) is 2.97. The van der Waals surface area contributed by atoms with Crippen LogP contribution in [-0.4, -0.2) is 14.8 Å². The first-order chi connectivity index (χ1) is 8.71. The first kappa shape index (κ1) is 11.9. The summed E-state index contributed by atoms with van der Waals surface area (Å²) in [5.41, 5.74) is 8.34. The molecular formula is C13H18N4S. The minimum absolute atomic E-state index is 0.177. The Kier molecular flexibility index (Phi) is 2.95. The van der Waals surface area contributed by atoms with Crippen LogP contribution < -0.4 is 5.73 Å². The Morgan fingerprint density at radius 1 is 1.44 bits per heavy atom. The Bertz CT molecular complexity index is 537. The fraction of sp³-hybridized carbons (Fsp3) is 0.538. The molecule has 0 unspecified atom stereocenters. The maximum Gasteiger partial charge on any atom is 0.113 e. The Labute approximate surface area is 111 Å². The highest BCUT2D eigenvalue weighted by Crippen LogP contribution is 2.38. The van der Waals surface area contributed by atoms with E-state index in [9.17, 15) is 0 Å². The van der Waals surface area contributed by atoms with Gasteiger partial charge in [-0.25, -0.2) is 4.98 Å². The molecule has 2 heterocycles. The van der Waals surface area contributed by atoms with Crippen LogP contribution in [0.1, 0.15) is 37.6 Å². The molecular weight excluding hydrogens is 244 g/mol. The van der Waals surface area contributed by atoms with Crippen LogP contribution in [0.3, 0.4) is 0 Å². The van der Waals surface area contributed by atoms with Crippen molar-refractivity contribution in [3.8, 4) is 11.3 Å². The zero-order chi connectivity index (χ0) is 12.6. The van der Waals surface area contributed by atoms with E-state index >= 15 is 0 Å².